The molecule has 0 aliphatic rings. The van der Waals surface area contributed by atoms with Crippen LogP contribution < -0.4 is 18.9 Å². The van der Waals surface area contributed by atoms with Crippen molar-refractivity contribution in [2.75, 3.05) is 20.0 Å². The number of benzene rings is 5. The van der Waals surface area contributed by atoms with Crippen molar-refractivity contribution >= 4 is 0 Å². The molecule has 5 rings (SSSR count). The Balaban J connectivity index is 0.00000141. The van der Waals surface area contributed by atoms with E-state index in [0.29, 0.717) is 5.75 Å². The van der Waals surface area contributed by atoms with Crippen molar-refractivity contribution in [2.24, 2.45) is 0 Å². The maximum Gasteiger partial charge on any atom is 0.230 e. The Hall–Kier alpha value is -5.20. The third-order valence-corrected chi connectivity index (χ3v) is 7.04. The molecule has 0 aliphatic carbocycles. The number of ether oxygens (including phenoxy) is 4. The normalized spacial score (nSPS) is 12.4. The van der Waals surface area contributed by atoms with Crippen molar-refractivity contribution in [1.29, 1.82) is 0 Å². The molecule has 44 heavy (non-hydrogen) atoms. The van der Waals surface area contributed by atoms with Crippen molar-refractivity contribution in [3.8, 4) is 23.0 Å². The number of hydrogen-bond donors (Lipinski definition) is 2. The first-order valence-electron chi connectivity index (χ1n) is 14.3. The SMILES string of the molecule is C=CO.CC(c1ccccc1)(c1ccc(OCOc2ccccc2)cc1)c1ccc(OCC(O)COc2ccccc2)cc1. The smallest absolute Gasteiger partial charge is 0.230 e. The molecule has 0 spiro atoms. The molecule has 2 atom stereocenters. The van der Waals surface area contributed by atoms with E-state index < -0.39 is 11.5 Å². The molecule has 0 bridgehead atoms. The molecule has 6 heteroatoms. The first-order chi connectivity index (χ1) is 21.5. The highest BCUT2D eigenvalue weighted by molar-refractivity contribution is 5.51. The van der Waals surface area contributed by atoms with Gasteiger partial charge >= 0.3 is 0 Å². The van der Waals surface area contributed by atoms with Crippen LogP contribution in [0.2, 0.25) is 0 Å². The van der Waals surface area contributed by atoms with Crippen molar-refractivity contribution in [3.63, 3.8) is 0 Å². The summed E-state index contributed by atoms with van der Waals surface area (Å²) in [5.41, 5.74) is 3.00. The van der Waals surface area contributed by atoms with E-state index >= 15 is 0 Å². The Morgan fingerprint density at radius 2 is 0.864 bits per heavy atom. The lowest BCUT2D eigenvalue weighted by atomic mass is 9.71. The van der Waals surface area contributed by atoms with Crippen molar-refractivity contribution < 1.29 is 29.2 Å². The van der Waals surface area contributed by atoms with Gasteiger partial charge < -0.3 is 29.2 Å². The van der Waals surface area contributed by atoms with Gasteiger partial charge in [0.15, 0.2) is 0 Å². The van der Waals surface area contributed by atoms with Crippen LogP contribution in [0.5, 0.6) is 23.0 Å². The van der Waals surface area contributed by atoms with Gasteiger partial charge in [0.2, 0.25) is 6.79 Å². The molecule has 5 aromatic carbocycles. The highest BCUT2D eigenvalue weighted by Crippen LogP contribution is 2.40. The van der Waals surface area contributed by atoms with E-state index in [1.54, 1.807) is 0 Å². The summed E-state index contributed by atoms with van der Waals surface area (Å²) in [5.74, 6) is 2.91. The van der Waals surface area contributed by atoms with Crippen LogP contribution in [0.3, 0.4) is 0 Å². The number of rotatable bonds is 13. The Morgan fingerprint density at radius 3 is 1.30 bits per heavy atom. The summed E-state index contributed by atoms with van der Waals surface area (Å²) >= 11 is 0. The third kappa shape index (κ3) is 8.90. The third-order valence-electron chi connectivity index (χ3n) is 7.04. The van der Waals surface area contributed by atoms with Crippen LogP contribution in [-0.4, -0.2) is 36.3 Å². The molecule has 0 heterocycles. The van der Waals surface area contributed by atoms with E-state index in [2.05, 4.69) is 62.0 Å². The lowest BCUT2D eigenvalue weighted by molar-refractivity contribution is 0.0626. The first-order valence-corrected chi connectivity index (χ1v) is 14.3. The first kappa shape index (κ1) is 31.7. The summed E-state index contributed by atoms with van der Waals surface area (Å²) in [6.07, 6.45) is 0.00305. The maximum atomic E-state index is 10.3. The molecule has 0 radical (unpaired) electrons. The summed E-state index contributed by atoms with van der Waals surface area (Å²) in [5, 5.41) is 17.7. The van der Waals surface area contributed by atoms with E-state index in [0.717, 1.165) is 34.6 Å². The lowest BCUT2D eigenvalue weighted by Crippen LogP contribution is -2.26. The fraction of sp³-hybridized carbons (Fsp3) is 0.158. The summed E-state index contributed by atoms with van der Waals surface area (Å²) in [6.45, 7) is 5.56. The van der Waals surface area contributed by atoms with Crippen LogP contribution in [0.1, 0.15) is 23.6 Å². The second-order valence-corrected chi connectivity index (χ2v) is 10.0. The van der Waals surface area contributed by atoms with E-state index in [1.807, 2.05) is 91.0 Å². The number of aliphatic hydroxyl groups excluding tert-OH is 2. The van der Waals surface area contributed by atoms with Crippen LogP contribution in [0.25, 0.3) is 0 Å². The van der Waals surface area contributed by atoms with Gasteiger partial charge in [0, 0.05) is 5.41 Å². The number of aliphatic hydroxyl groups is 2. The zero-order valence-electron chi connectivity index (χ0n) is 24.8. The van der Waals surface area contributed by atoms with Gasteiger partial charge in [-0.3, -0.25) is 0 Å². The molecule has 0 aliphatic heterocycles. The molecule has 226 valence electrons. The topological polar surface area (TPSA) is 77.4 Å². The fourth-order valence-electron chi connectivity index (χ4n) is 4.67. The molecular weight excluding hydrogens is 552 g/mol. The molecule has 0 aromatic heterocycles. The van der Waals surface area contributed by atoms with Crippen LogP contribution in [-0.2, 0) is 5.41 Å². The number of para-hydroxylation sites is 2. The molecule has 0 amide bonds. The Bertz CT molecular complexity index is 1510. The second-order valence-electron chi connectivity index (χ2n) is 10.0. The average Bonchev–Trinajstić information content (AvgIpc) is 3.08. The standard InChI is InChI=1S/C36H34O5.C2H4O/c1-36(28-11-5-2-6-12-28,30-19-23-35(24-20-30)41-27-40-33-15-9-4-10-16-33)29-17-21-34(22-18-29)39-26-31(37)25-38-32-13-7-3-8-14-32;1-2-3/h2-24,31,37H,25-27H2,1H3;2-3H,1H2. The quantitative estimate of drug-likeness (QED) is 0.0823. The molecular formula is C38H38O6. The Morgan fingerprint density at radius 1 is 0.545 bits per heavy atom. The monoisotopic (exact) mass is 590 g/mol. The second kappa shape index (κ2) is 16.4. The van der Waals surface area contributed by atoms with Crippen LogP contribution in [0.4, 0.5) is 0 Å². The minimum absolute atomic E-state index is 0.133. The zero-order chi connectivity index (χ0) is 31.0. The highest BCUT2D eigenvalue weighted by atomic mass is 16.7. The molecule has 2 unspecified atom stereocenters. The van der Waals surface area contributed by atoms with Gasteiger partial charge in [0.25, 0.3) is 0 Å². The van der Waals surface area contributed by atoms with Crippen molar-refractivity contribution in [2.45, 2.75) is 18.4 Å². The molecule has 0 saturated carbocycles. The van der Waals surface area contributed by atoms with E-state index in [9.17, 15) is 5.11 Å². The van der Waals surface area contributed by atoms with E-state index in [-0.39, 0.29) is 20.0 Å². The van der Waals surface area contributed by atoms with E-state index in [1.165, 1.54) is 5.56 Å². The predicted octanol–water partition coefficient (Wildman–Crippen LogP) is 7.96. The van der Waals surface area contributed by atoms with Gasteiger partial charge in [-0.15, -0.1) is 0 Å². The van der Waals surface area contributed by atoms with Crippen molar-refractivity contribution in [1.82, 2.24) is 0 Å². The summed E-state index contributed by atoms with van der Waals surface area (Å²) in [4.78, 5) is 0. The largest absolute Gasteiger partial charge is 0.516 e. The minimum atomic E-state index is -0.747. The maximum absolute atomic E-state index is 10.3. The Labute approximate surface area is 259 Å². The summed E-state index contributed by atoms with van der Waals surface area (Å²) in [7, 11) is 0. The van der Waals surface area contributed by atoms with Crippen LogP contribution in [0, 0.1) is 0 Å². The predicted molar refractivity (Wildman–Crippen MR) is 174 cm³/mol. The molecule has 2 N–H and O–H groups in total. The van der Waals surface area contributed by atoms with Crippen LogP contribution in [0.15, 0.2) is 152 Å². The summed E-state index contributed by atoms with van der Waals surface area (Å²) < 4.78 is 23.0. The van der Waals surface area contributed by atoms with Gasteiger partial charge in [-0.25, -0.2) is 0 Å². The lowest BCUT2D eigenvalue weighted by Gasteiger charge is -2.32. The van der Waals surface area contributed by atoms with Gasteiger partial charge in [-0.05, 0) is 72.1 Å². The van der Waals surface area contributed by atoms with Crippen molar-refractivity contribution in [3.05, 3.63) is 169 Å². The Kier molecular flexibility index (Phi) is 11.9. The average molecular weight is 591 g/mol. The zero-order valence-corrected chi connectivity index (χ0v) is 24.8. The highest BCUT2D eigenvalue weighted by Gasteiger charge is 2.31. The minimum Gasteiger partial charge on any atom is -0.516 e. The fourth-order valence-corrected chi connectivity index (χ4v) is 4.67. The van der Waals surface area contributed by atoms with Crippen LogP contribution >= 0.6 is 0 Å². The van der Waals surface area contributed by atoms with Gasteiger partial charge in [0.1, 0.15) is 42.3 Å². The van der Waals surface area contributed by atoms with Gasteiger partial charge in [0.05, 0.1) is 6.26 Å². The molecule has 0 saturated heterocycles. The van der Waals surface area contributed by atoms with Gasteiger partial charge in [-0.1, -0.05) is 97.6 Å². The number of hydrogen-bond acceptors (Lipinski definition) is 6. The molecule has 5 aromatic rings. The van der Waals surface area contributed by atoms with Gasteiger partial charge in [-0.2, -0.15) is 0 Å². The molecule has 0 fully saturated rings. The summed E-state index contributed by atoms with van der Waals surface area (Å²) in [6, 6.07) is 45.6. The molecule has 6 nitrogen and oxygen atoms in total. The van der Waals surface area contributed by atoms with E-state index in [4.69, 9.17) is 24.1 Å².